The zero-order valence-electron chi connectivity index (χ0n) is 11.9. The minimum absolute atomic E-state index is 0.0945. The highest BCUT2D eigenvalue weighted by Crippen LogP contribution is 2.18. The lowest BCUT2D eigenvalue weighted by atomic mass is 10.2. The van der Waals surface area contributed by atoms with Crippen LogP contribution >= 0.6 is 0 Å². The number of nitrogens with one attached hydrogen (secondary N) is 1. The van der Waals surface area contributed by atoms with Crippen molar-refractivity contribution in [3.05, 3.63) is 29.6 Å². The van der Waals surface area contributed by atoms with Crippen LogP contribution in [-0.2, 0) is 9.53 Å². The molecule has 1 aromatic rings. The summed E-state index contributed by atoms with van der Waals surface area (Å²) in [6, 6.07) is 3.34. The number of aromatic carboxylic acids is 1. The van der Waals surface area contributed by atoms with Gasteiger partial charge in [0.2, 0.25) is 0 Å². The molecule has 116 valence electrons. The summed E-state index contributed by atoms with van der Waals surface area (Å²) in [5, 5.41) is 11.4. The Morgan fingerprint density at radius 2 is 2.14 bits per heavy atom. The van der Waals surface area contributed by atoms with Crippen LogP contribution in [0.5, 0.6) is 5.75 Å². The molecule has 0 saturated heterocycles. The summed E-state index contributed by atoms with van der Waals surface area (Å²) >= 11 is 0. The maximum Gasteiger partial charge on any atom is 0.338 e. The van der Waals surface area contributed by atoms with Crippen LogP contribution in [0.25, 0.3) is 0 Å². The molecule has 1 atom stereocenters. The number of rotatable bonds is 8. The highest BCUT2D eigenvalue weighted by molar-refractivity contribution is 5.88. The van der Waals surface area contributed by atoms with Gasteiger partial charge in [-0.2, -0.15) is 0 Å². The highest BCUT2D eigenvalue weighted by Gasteiger charge is 2.16. The Labute approximate surface area is 121 Å². The summed E-state index contributed by atoms with van der Waals surface area (Å²) in [5.41, 5.74) is -0.445. The number of halogens is 1. The first-order valence-electron chi connectivity index (χ1n) is 6.42. The van der Waals surface area contributed by atoms with Gasteiger partial charge in [0.1, 0.15) is 11.6 Å². The van der Waals surface area contributed by atoms with E-state index in [0.717, 1.165) is 12.1 Å². The van der Waals surface area contributed by atoms with E-state index in [1.54, 1.807) is 7.11 Å². The summed E-state index contributed by atoms with van der Waals surface area (Å²) < 4.78 is 23.6. The van der Waals surface area contributed by atoms with Crippen molar-refractivity contribution in [1.82, 2.24) is 5.32 Å². The number of ether oxygens (including phenoxy) is 2. The van der Waals surface area contributed by atoms with Gasteiger partial charge in [-0.05, 0) is 25.5 Å². The van der Waals surface area contributed by atoms with E-state index in [0.29, 0.717) is 19.6 Å². The fraction of sp³-hybridized carbons (Fsp3) is 0.429. The molecule has 0 fully saturated rings. The average Bonchev–Trinajstić information content (AvgIpc) is 2.43. The lowest BCUT2D eigenvalue weighted by molar-refractivity contribution is -0.127. The number of hydrogen-bond donors (Lipinski definition) is 2. The van der Waals surface area contributed by atoms with Gasteiger partial charge in [0, 0.05) is 26.3 Å². The summed E-state index contributed by atoms with van der Waals surface area (Å²) in [6.45, 7) is 2.51. The smallest absolute Gasteiger partial charge is 0.338 e. The Morgan fingerprint density at radius 3 is 2.71 bits per heavy atom. The Hall–Kier alpha value is -2.15. The van der Waals surface area contributed by atoms with Crippen molar-refractivity contribution in [3.8, 4) is 5.75 Å². The predicted molar refractivity (Wildman–Crippen MR) is 73.0 cm³/mol. The molecule has 0 aliphatic rings. The number of carbonyl (C=O) groups is 2. The largest absolute Gasteiger partial charge is 0.481 e. The summed E-state index contributed by atoms with van der Waals surface area (Å²) in [6.07, 6.45) is -0.140. The number of hydrogen-bond acceptors (Lipinski definition) is 4. The maximum atomic E-state index is 13.5. The van der Waals surface area contributed by atoms with Crippen LogP contribution in [0.15, 0.2) is 18.2 Å². The maximum absolute atomic E-state index is 13.5. The molecule has 1 amide bonds. The molecular formula is C14H18FNO5. The summed E-state index contributed by atoms with van der Waals surface area (Å²) in [4.78, 5) is 22.4. The van der Waals surface area contributed by atoms with Gasteiger partial charge in [-0.1, -0.05) is 0 Å². The topological polar surface area (TPSA) is 84.9 Å². The third-order valence-corrected chi connectivity index (χ3v) is 2.68. The van der Waals surface area contributed by atoms with Gasteiger partial charge >= 0.3 is 5.97 Å². The molecule has 0 aliphatic heterocycles. The zero-order chi connectivity index (χ0) is 15.8. The van der Waals surface area contributed by atoms with Gasteiger partial charge in [-0.15, -0.1) is 0 Å². The highest BCUT2D eigenvalue weighted by atomic mass is 19.1. The second-order valence-corrected chi connectivity index (χ2v) is 4.34. The monoisotopic (exact) mass is 299 g/mol. The fourth-order valence-electron chi connectivity index (χ4n) is 1.57. The second kappa shape index (κ2) is 8.21. The van der Waals surface area contributed by atoms with Crippen LogP contribution in [0.3, 0.4) is 0 Å². The van der Waals surface area contributed by atoms with E-state index >= 15 is 0 Å². The van der Waals surface area contributed by atoms with Crippen LogP contribution in [-0.4, -0.2) is 43.3 Å². The van der Waals surface area contributed by atoms with Gasteiger partial charge in [0.15, 0.2) is 6.10 Å². The second-order valence-electron chi connectivity index (χ2n) is 4.34. The van der Waals surface area contributed by atoms with Crippen molar-refractivity contribution >= 4 is 11.9 Å². The number of methoxy groups -OCH3 is 1. The third kappa shape index (κ3) is 5.39. The Morgan fingerprint density at radius 1 is 1.43 bits per heavy atom. The zero-order valence-corrected chi connectivity index (χ0v) is 11.9. The molecule has 1 unspecified atom stereocenters. The molecule has 2 N–H and O–H groups in total. The Balaban J connectivity index is 2.54. The molecule has 0 heterocycles. The number of carboxylic acid groups (broad SMARTS) is 1. The average molecular weight is 299 g/mol. The van der Waals surface area contributed by atoms with Crippen molar-refractivity contribution in [1.29, 1.82) is 0 Å². The molecule has 0 aromatic heterocycles. The van der Waals surface area contributed by atoms with E-state index in [1.807, 2.05) is 0 Å². The summed E-state index contributed by atoms with van der Waals surface area (Å²) in [7, 11) is 1.57. The standard InChI is InChI=1S/C14H18FNO5/c1-9(13(17)16-6-3-7-20-2)21-10-4-5-11(14(18)19)12(15)8-10/h4-5,8-9H,3,6-7H2,1-2H3,(H,16,17)(H,18,19). The molecule has 0 aliphatic carbocycles. The SMILES string of the molecule is COCCCNC(=O)C(C)Oc1ccc(C(=O)O)c(F)c1. The lowest BCUT2D eigenvalue weighted by Gasteiger charge is -2.15. The van der Waals surface area contributed by atoms with Crippen molar-refractivity contribution in [2.45, 2.75) is 19.4 Å². The molecule has 0 saturated carbocycles. The molecule has 0 spiro atoms. The minimum atomic E-state index is -1.36. The van der Waals surface area contributed by atoms with Crippen molar-refractivity contribution < 1.29 is 28.6 Å². The van der Waals surface area contributed by atoms with Crippen molar-refractivity contribution in [2.24, 2.45) is 0 Å². The number of benzene rings is 1. The van der Waals surface area contributed by atoms with Crippen LogP contribution < -0.4 is 10.1 Å². The van der Waals surface area contributed by atoms with Gasteiger partial charge in [0.05, 0.1) is 5.56 Å². The van der Waals surface area contributed by atoms with Gasteiger partial charge in [0.25, 0.3) is 5.91 Å². The van der Waals surface area contributed by atoms with E-state index in [9.17, 15) is 14.0 Å². The molecular weight excluding hydrogens is 281 g/mol. The van der Waals surface area contributed by atoms with E-state index in [4.69, 9.17) is 14.6 Å². The van der Waals surface area contributed by atoms with E-state index in [1.165, 1.54) is 13.0 Å². The lowest BCUT2D eigenvalue weighted by Crippen LogP contribution is -2.37. The molecule has 0 radical (unpaired) electrons. The van der Waals surface area contributed by atoms with Crippen LogP contribution in [0.2, 0.25) is 0 Å². The first-order chi connectivity index (χ1) is 9.95. The first kappa shape index (κ1) is 16.9. The van der Waals surface area contributed by atoms with Gasteiger partial charge < -0.3 is 19.9 Å². The van der Waals surface area contributed by atoms with Crippen LogP contribution in [0, 0.1) is 5.82 Å². The molecule has 6 nitrogen and oxygen atoms in total. The van der Waals surface area contributed by atoms with E-state index in [-0.39, 0.29) is 11.7 Å². The van der Waals surface area contributed by atoms with Gasteiger partial charge in [-0.25, -0.2) is 9.18 Å². The molecule has 0 bridgehead atoms. The third-order valence-electron chi connectivity index (χ3n) is 2.68. The van der Waals surface area contributed by atoms with Crippen molar-refractivity contribution in [3.63, 3.8) is 0 Å². The van der Waals surface area contributed by atoms with Gasteiger partial charge in [-0.3, -0.25) is 4.79 Å². The quantitative estimate of drug-likeness (QED) is 0.710. The van der Waals surface area contributed by atoms with E-state index < -0.39 is 23.5 Å². The predicted octanol–water partition coefficient (Wildman–Crippen LogP) is 1.44. The van der Waals surface area contributed by atoms with E-state index in [2.05, 4.69) is 5.32 Å². The molecule has 7 heteroatoms. The Bertz CT molecular complexity index is 506. The van der Waals surface area contributed by atoms with Crippen LogP contribution in [0.1, 0.15) is 23.7 Å². The normalized spacial score (nSPS) is 11.8. The molecule has 1 aromatic carbocycles. The fourth-order valence-corrected chi connectivity index (χ4v) is 1.57. The minimum Gasteiger partial charge on any atom is -0.481 e. The molecule has 1 rings (SSSR count). The Kier molecular flexibility index (Phi) is 6.61. The first-order valence-corrected chi connectivity index (χ1v) is 6.42. The van der Waals surface area contributed by atoms with Crippen LogP contribution in [0.4, 0.5) is 4.39 Å². The number of carboxylic acids is 1. The number of amides is 1. The molecule has 21 heavy (non-hydrogen) atoms. The number of carbonyl (C=O) groups excluding carboxylic acids is 1. The van der Waals surface area contributed by atoms with Crippen molar-refractivity contribution in [2.75, 3.05) is 20.3 Å². The summed E-state index contributed by atoms with van der Waals surface area (Å²) in [5.74, 6) is -2.51.